The zero-order valence-corrected chi connectivity index (χ0v) is 19.3. The normalized spacial score (nSPS) is 19.4. The molecule has 0 spiro atoms. The SMILES string of the molecule is CCCC1CCC(OC(F)(F)c2ccc(-c3cc4ccc(OCC)c(F)c4s3)cc2)CC1. The highest BCUT2D eigenvalue weighted by atomic mass is 32.1. The molecule has 0 atom stereocenters. The number of benzene rings is 2. The van der Waals surface area contributed by atoms with Crippen molar-refractivity contribution in [3.8, 4) is 16.2 Å². The summed E-state index contributed by atoms with van der Waals surface area (Å²) in [6, 6.07) is 11.4. The van der Waals surface area contributed by atoms with Crippen molar-refractivity contribution in [3.63, 3.8) is 0 Å². The third-order valence-electron chi connectivity index (χ3n) is 6.20. The molecule has 1 aliphatic rings. The molecule has 0 saturated heterocycles. The van der Waals surface area contributed by atoms with E-state index in [-0.39, 0.29) is 17.1 Å². The first-order valence-electron chi connectivity index (χ1n) is 11.4. The van der Waals surface area contributed by atoms with Gasteiger partial charge >= 0.3 is 6.11 Å². The van der Waals surface area contributed by atoms with Crippen molar-refractivity contribution in [1.29, 1.82) is 0 Å². The summed E-state index contributed by atoms with van der Waals surface area (Å²) in [6.45, 7) is 4.36. The molecule has 1 heterocycles. The summed E-state index contributed by atoms with van der Waals surface area (Å²) in [4.78, 5) is 0.817. The number of halogens is 3. The predicted molar refractivity (Wildman–Crippen MR) is 124 cm³/mol. The predicted octanol–water partition coefficient (Wildman–Crippen LogP) is 8.53. The Labute approximate surface area is 191 Å². The van der Waals surface area contributed by atoms with Crippen molar-refractivity contribution < 1.29 is 22.6 Å². The van der Waals surface area contributed by atoms with Gasteiger partial charge in [-0.05, 0) is 79.8 Å². The van der Waals surface area contributed by atoms with Crippen LogP contribution in [-0.2, 0) is 10.8 Å². The molecule has 0 aliphatic heterocycles. The molecule has 1 aromatic heterocycles. The fraction of sp³-hybridized carbons (Fsp3) is 0.462. The molecule has 0 unspecified atom stereocenters. The van der Waals surface area contributed by atoms with Crippen LogP contribution in [-0.4, -0.2) is 12.7 Å². The summed E-state index contributed by atoms with van der Waals surface area (Å²) >= 11 is 1.29. The van der Waals surface area contributed by atoms with Crippen LogP contribution in [0.25, 0.3) is 20.5 Å². The van der Waals surface area contributed by atoms with E-state index in [9.17, 15) is 13.2 Å². The summed E-state index contributed by atoms with van der Waals surface area (Å²) in [5, 5.41) is 0.766. The molecule has 172 valence electrons. The molecule has 32 heavy (non-hydrogen) atoms. The zero-order valence-electron chi connectivity index (χ0n) is 18.5. The molecule has 4 rings (SSSR count). The van der Waals surface area contributed by atoms with Gasteiger partial charge in [-0.2, -0.15) is 8.78 Å². The Kier molecular flexibility index (Phi) is 7.11. The summed E-state index contributed by atoms with van der Waals surface area (Å²) in [5.74, 6) is 0.485. The lowest BCUT2D eigenvalue weighted by Crippen LogP contribution is -2.29. The molecule has 0 amide bonds. The summed E-state index contributed by atoms with van der Waals surface area (Å²) in [6.07, 6.45) is 1.88. The van der Waals surface area contributed by atoms with Crippen LogP contribution < -0.4 is 4.74 Å². The second-order valence-corrected chi connectivity index (χ2v) is 9.54. The van der Waals surface area contributed by atoms with Gasteiger partial charge < -0.3 is 9.47 Å². The van der Waals surface area contributed by atoms with Gasteiger partial charge in [0.1, 0.15) is 0 Å². The van der Waals surface area contributed by atoms with Gasteiger partial charge in [-0.3, -0.25) is 0 Å². The molecule has 3 aromatic rings. The van der Waals surface area contributed by atoms with Crippen LogP contribution in [0.15, 0.2) is 42.5 Å². The van der Waals surface area contributed by atoms with Gasteiger partial charge in [0.25, 0.3) is 0 Å². The molecule has 1 saturated carbocycles. The standard InChI is InChI=1S/C26H29F3O2S/c1-3-5-17-6-13-21(14-7-17)31-26(28,29)20-11-8-18(9-12-20)23-16-19-10-15-22(30-4-2)24(27)25(19)32-23/h8-12,15-17,21H,3-7,13-14H2,1-2H3. The molecular weight excluding hydrogens is 433 g/mol. The second kappa shape index (κ2) is 9.84. The monoisotopic (exact) mass is 462 g/mol. The van der Waals surface area contributed by atoms with Crippen LogP contribution >= 0.6 is 11.3 Å². The zero-order chi connectivity index (χ0) is 22.7. The number of alkyl halides is 2. The van der Waals surface area contributed by atoms with E-state index in [0.717, 1.165) is 35.1 Å². The lowest BCUT2D eigenvalue weighted by atomic mass is 9.84. The third kappa shape index (κ3) is 4.96. The van der Waals surface area contributed by atoms with E-state index in [1.54, 1.807) is 18.2 Å². The first-order chi connectivity index (χ1) is 15.4. The van der Waals surface area contributed by atoms with Gasteiger partial charge in [0.15, 0.2) is 11.6 Å². The molecule has 6 heteroatoms. The maximum Gasteiger partial charge on any atom is 0.383 e. The topological polar surface area (TPSA) is 18.5 Å². The van der Waals surface area contributed by atoms with Crippen molar-refractivity contribution in [1.82, 2.24) is 0 Å². The van der Waals surface area contributed by atoms with Gasteiger partial charge in [-0.1, -0.05) is 31.9 Å². The number of hydrogen-bond donors (Lipinski definition) is 0. The van der Waals surface area contributed by atoms with Crippen molar-refractivity contribution >= 4 is 21.4 Å². The number of fused-ring (bicyclic) bond motifs is 1. The summed E-state index contributed by atoms with van der Waals surface area (Å²) in [7, 11) is 0. The number of hydrogen-bond acceptors (Lipinski definition) is 3. The molecule has 1 fully saturated rings. The Hall–Kier alpha value is -2.05. The highest BCUT2D eigenvalue weighted by Gasteiger charge is 2.37. The molecule has 1 aliphatic carbocycles. The first kappa shape index (κ1) is 23.1. The lowest BCUT2D eigenvalue weighted by Gasteiger charge is -2.31. The minimum atomic E-state index is -3.32. The van der Waals surface area contributed by atoms with E-state index in [0.29, 0.717) is 30.1 Å². The van der Waals surface area contributed by atoms with Crippen LogP contribution in [0.1, 0.15) is 57.9 Å². The smallest absolute Gasteiger partial charge is 0.383 e. The fourth-order valence-corrected chi connectivity index (χ4v) is 5.61. The van der Waals surface area contributed by atoms with Crippen LogP contribution in [0, 0.1) is 11.7 Å². The number of thiophene rings is 1. The Balaban J connectivity index is 1.47. The van der Waals surface area contributed by atoms with Crippen LogP contribution in [0.3, 0.4) is 0 Å². The average Bonchev–Trinajstić information content (AvgIpc) is 3.23. The highest BCUT2D eigenvalue weighted by molar-refractivity contribution is 7.22. The number of ether oxygens (including phenoxy) is 2. The lowest BCUT2D eigenvalue weighted by molar-refractivity contribution is -0.278. The molecule has 2 nitrogen and oxygen atoms in total. The number of rotatable bonds is 8. The minimum Gasteiger partial charge on any atom is -0.491 e. The Morgan fingerprint density at radius 1 is 1.00 bits per heavy atom. The van der Waals surface area contributed by atoms with E-state index >= 15 is 0 Å². The van der Waals surface area contributed by atoms with Gasteiger partial charge in [0, 0.05) is 4.88 Å². The van der Waals surface area contributed by atoms with Crippen molar-refractivity contribution in [3.05, 3.63) is 53.8 Å². The maximum atomic E-state index is 14.8. The summed E-state index contributed by atoms with van der Waals surface area (Å²) in [5.41, 5.74) is 0.617. The largest absolute Gasteiger partial charge is 0.491 e. The van der Waals surface area contributed by atoms with Crippen LogP contribution in [0.2, 0.25) is 0 Å². The second-order valence-electron chi connectivity index (χ2n) is 8.48. The van der Waals surface area contributed by atoms with E-state index in [1.165, 1.54) is 29.9 Å². The van der Waals surface area contributed by atoms with E-state index in [1.807, 2.05) is 19.1 Å². The molecule has 0 radical (unpaired) electrons. The van der Waals surface area contributed by atoms with Crippen LogP contribution in [0.5, 0.6) is 5.75 Å². The van der Waals surface area contributed by atoms with Crippen molar-refractivity contribution in [2.24, 2.45) is 5.92 Å². The molecule has 2 aromatic carbocycles. The first-order valence-corrected chi connectivity index (χ1v) is 12.2. The van der Waals surface area contributed by atoms with Crippen molar-refractivity contribution in [2.45, 2.75) is 64.6 Å². The van der Waals surface area contributed by atoms with Gasteiger partial charge in [-0.15, -0.1) is 11.3 Å². The Morgan fingerprint density at radius 2 is 1.72 bits per heavy atom. The van der Waals surface area contributed by atoms with E-state index in [2.05, 4.69) is 6.92 Å². The molecule has 0 bridgehead atoms. The molecular formula is C26H29F3O2S. The van der Waals surface area contributed by atoms with Gasteiger partial charge in [0.05, 0.1) is 23.0 Å². The minimum absolute atomic E-state index is 0.150. The average molecular weight is 463 g/mol. The summed E-state index contributed by atoms with van der Waals surface area (Å²) < 4.78 is 55.3. The third-order valence-corrected chi connectivity index (χ3v) is 7.39. The van der Waals surface area contributed by atoms with Gasteiger partial charge in [0.2, 0.25) is 0 Å². The maximum absolute atomic E-state index is 14.8. The van der Waals surface area contributed by atoms with Gasteiger partial charge in [-0.25, -0.2) is 4.39 Å². The van der Waals surface area contributed by atoms with Crippen molar-refractivity contribution in [2.75, 3.05) is 6.61 Å². The Bertz CT molecular complexity index is 1040. The van der Waals surface area contributed by atoms with Crippen LogP contribution in [0.4, 0.5) is 13.2 Å². The van der Waals surface area contributed by atoms with E-state index < -0.39 is 12.2 Å². The fourth-order valence-electron chi connectivity index (χ4n) is 4.51. The highest BCUT2D eigenvalue weighted by Crippen LogP contribution is 2.40. The quantitative estimate of drug-likeness (QED) is 0.334. The van der Waals surface area contributed by atoms with E-state index in [4.69, 9.17) is 9.47 Å². The molecule has 0 N–H and O–H groups in total. The Morgan fingerprint density at radius 3 is 2.38 bits per heavy atom.